The van der Waals surface area contributed by atoms with Crippen LogP contribution in [0.25, 0.3) is 5.70 Å². The first-order chi connectivity index (χ1) is 13.7. The molecule has 1 N–H and O–H groups in total. The maximum Gasteiger partial charge on any atom is 0.248 e. The maximum atomic E-state index is 13.7. The van der Waals surface area contributed by atoms with E-state index in [2.05, 4.69) is 20.8 Å². The van der Waals surface area contributed by atoms with Gasteiger partial charge in [0.2, 0.25) is 5.95 Å². The average molecular weight is 381 g/mol. The van der Waals surface area contributed by atoms with Crippen LogP contribution >= 0.6 is 0 Å². The molecule has 0 saturated heterocycles. The number of nitrogens with one attached hydrogen (secondary N) is 1. The predicted octanol–water partition coefficient (Wildman–Crippen LogP) is 3.67. The number of hydrogen-bond donors (Lipinski definition) is 1. The fourth-order valence-corrected chi connectivity index (χ4v) is 3.12. The number of halogens is 1. The molecule has 144 valence electrons. The summed E-state index contributed by atoms with van der Waals surface area (Å²) in [5, 5.41) is 15.0. The van der Waals surface area contributed by atoms with Crippen LogP contribution in [0.4, 0.5) is 10.3 Å². The molecule has 1 aliphatic heterocycles. The van der Waals surface area contributed by atoms with Crippen molar-refractivity contribution < 1.29 is 13.9 Å². The lowest BCUT2D eigenvalue weighted by Gasteiger charge is -2.24. The molecule has 2 aromatic carbocycles. The number of methoxy groups -OCH3 is 1. The highest BCUT2D eigenvalue weighted by molar-refractivity contribution is 5.77. The minimum atomic E-state index is -0.305. The Kier molecular flexibility index (Phi) is 4.92. The van der Waals surface area contributed by atoms with Gasteiger partial charge in [0.15, 0.2) is 11.5 Å². The van der Waals surface area contributed by atoms with Crippen LogP contribution in [0.3, 0.4) is 0 Å². The second-order valence-corrected chi connectivity index (χ2v) is 6.37. The molecule has 0 spiro atoms. The molecular weight excluding hydrogens is 361 g/mol. The van der Waals surface area contributed by atoms with Crippen molar-refractivity contribution in [1.82, 2.24) is 20.2 Å². The molecular formula is C20H20FN5O2. The summed E-state index contributed by atoms with van der Waals surface area (Å²) >= 11 is 0. The van der Waals surface area contributed by atoms with Gasteiger partial charge in [-0.15, -0.1) is 0 Å². The van der Waals surface area contributed by atoms with Crippen molar-refractivity contribution >= 4 is 11.6 Å². The molecule has 2 heterocycles. The van der Waals surface area contributed by atoms with Crippen LogP contribution in [0.15, 0.2) is 48.5 Å². The molecule has 0 fully saturated rings. The van der Waals surface area contributed by atoms with E-state index in [-0.39, 0.29) is 11.9 Å². The minimum Gasteiger partial charge on any atom is -0.493 e. The van der Waals surface area contributed by atoms with Gasteiger partial charge in [-0.25, -0.2) is 4.39 Å². The zero-order valence-corrected chi connectivity index (χ0v) is 15.6. The highest BCUT2D eigenvalue weighted by Crippen LogP contribution is 2.36. The van der Waals surface area contributed by atoms with E-state index in [4.69, 9.17) is 9.47 Å². The molecule has 7 nitrogen and oxygen atoms in total. The number of benzene rings is 2. The van der Waals surface area contributed by atoms with Crippen LogP contribution in [0.1, 0.15) is 30.5 Å². The molecule has 0 radical (unpaired) electrons. The van der Waals surface area contributed by atoms with E-state index >= 15 is 0 Å². The molecule has 1 atom stereocenters. The summed E-state index contributed by atoms with van der Waals surface area (Å²) < 4.78 is 26.6. The first-order valence-corrected chi connectivity index (χ1v) is 9.03. The van der Waals surface area contributed by atoms with Gasteiger partial charge >= 0.3 is 0 Å². The van der Waals surface area contributed by atoms with Crippen molar-refractivity contribution in [3.63, 3.8) is 0 Å². The smallest absolute Gasteiger partial charge is 0.248 e. The van der Waals surface area contributed by atoms with E-state index in [1.807, 2.05) is 37.3 Å². The van der Waals surface area contributed by atoms with Crippen molar-refractivity contribution in [3.8, 4) is 11.5 Å². The fraction of sp³-hybridized carbons (Fsp3) is 0.250. The zero-order valence-electron chi connectivity index (χ0n) is 15.6. The number of hydrogen-bond acceptors (Lipinski definition) is 6. The molecule has 28 heavy (non-hydrogen) atoms. The Morgan fingerprint density at radius 3 is 2.86 bits per heavy atom. The molecule has 0 unspecified atom stereocenters. The summed E-state index contributed by atoms with van der Waals surface area (Å²) in [4.78, 5) is 0. The summed E-state index contributed by atoms with van der Waals surface area (Å²) in [6.07, 6.45) is 2.87. The van der Waals surface area contributed by atoms with E-state index < -0.39 is 0 Å². The lowest BCUT2D eigenvalue weighted by molar-refractivity contribution is 0.294. The number of fused-ring (bicyclic) bond motifs is 1. The number of nitrogens with zero attached hydrogens (tertiary/aromatic N) is 4. The third-order valence-electron chi connectivity index (χ3n) is 4.45. The number of allylic oxidation sites excluding steroid dienone is 1. The Hall–Kier alpha value is -3.42. The standard InChI is InChI=1S/C20H20FN5O2/c1-3-9-28-18-8-7-14(11-19(18)27-2)17-12-16(13-5-4-6-15(21)10-13)22-20-23-24-25-26(17)20/h4-8,10-12,17H,3,9H2,1-2H3,(H,22,23,25)/t17-/m1/s1. The summed E-state index contributed by atoms with van der Waals surface area (Å²) in [5.41, 5.74) is 2.37. The third-order valence-corrected chi connectivity index (χ3v) is 4.45. The van der Waals surface area contributed by atoms with Crippen LogP contribution in [0.5, 0.6) is 11.5 Å². The Bertz CT molecular complexity index is 1020. The first kappa shape index (κ1) is 18.0. The van der Waals surface area contributed by atoms with Crippen LogP contribution in [0.2, 0.25) is 0 Å². The molecule has 3 aromatic rings. The van der Waals surface area contributed by atoms with Gasteiger partial charge in [0, 0.05) is 11.3 Å². The van der Waals surface area contributed by atoms with Gasteiger partial charge in [-0.3, -0.25) is 0 Å². The quantitative estimate of drug-likeness (QED) is 0.702. The summed E-state index contributed by atoms with van der Waals surface area (Å²) in [6, 6.07) is 11.8. The number of aromatic nitrogens is 4. The van der Waals surface area contributed by atoms with Gasteiger partial charge in [-0.05, 0) is 52.8 Å². The second kappa shape index (κ2) is 7.67. The van der Waals surface area contributed by atoms with Crippen LogP contribution < -0.4 is 14.8 Å². The van der Waals surface area contributed by atoms with Gasteiger partial charge < -0.3 is 14.8 Å². The number of rotatable bonds is 6. The highest BCUT2D eigenvalue weighted by atomic mass is 19.1. The van der Waals surface area contributed by atoms with Gasteiger partial charge in [0.05, 0.1) is 13.7 Å². The monoisotopic (exact) mass is 381 g/mol. The molecule has 8 heteroatoms. The van der Waals surface area contributed by atoms with E-state index in [0.717, 1.165) is 17.7 Å². The van der Waals surface area contributed by atoms with E-state index in [1.165, 1.54) is 12.1 Å². The van der Waals surface area contributed by atoms with Gasteiger partial charge in [-0.2, -0.15) is 4.68 Å². The molecule has 0 saturated carbocycles. The van der Waals surface area contributed by atoms with Crippen molar-refractivity contribution in [2.75, 3.05) is 19.0 Å². The van der Waals surface area contributed by atoms with Gasteiger partial charge in [0.1, 0.15) is 11.9 Å². The predicted molar refractivity (Wildman–Crippen MR) is 103 cm³/mol. The molecule has 1 aliphatic rings. The molecule has 0 bridgehead atoms. The Morgan fingerprint density at radius 2 is 2.07 bits per heavy atom. The largest absolute Gasteiger partial charge is 0.493 e. The topological polar surface area (TPSA) is 74.1 Å². The Labute approximate surface area is 161 Å². The lowest BCUT2D eigenvalue weighted by atomic mass is 10.0. The highest BCUT2D eigenvalue weighted by Gasteiger charge is 2.25. The van der Waals surface area contributed by atoms with Gasteiger partial charge in [-0.1, -0.05) is 30.2 Å². The van der Waals surface area contributed by atoms with Crippen LogP contribution in [-0.4, -0.2) is 33.9 Å². The average Bonchev–Trinajstić information content (AvgIpc) is 3.20. The summed E-state index contributed by atoms with van der Waals surface area (Å²) in [5.74, 6) is 1.51. The zero-order chi connectivity index (χ0) is 19.5. The molecule has 0 aliphatic carbocycles. The minimum absolute atomic E-state index is 0.279. The molecule has 4 rings (SSSR count). The van der Waals surface area contributed by atoms with E-state index in [1.54, 1.807) is 17.9 Å². The van der Waals surface area contributed by atoms with Gasteiger partial charge in [0.25, 0.3) is 0 Å². The van der Waals surface area contributed by atoms with Crippen molar-refractivity contribution in [1.29, 1.82) is 0 Å². The van der Waals surface area contributed by atoms with Crippen LogP contribution in [0, 0.1) is 5.82 Å². The third kappa shape index (κ3) is 3.40. The number of tetrazole rings is 1. The Balaban J connectivity index is 1.75. The van der Waals surface area contributed by atoms with Crippen LogP contribution in [-0.2, 0) is 0 Å². The lowest BCUT2D eigenvalue weighted by Crippen LogP contribution is -2.20. The van der Waals surface area contributed by atoms with Crippen molar-refractivity contribution in [2.45, 2.75) is 19.4 Å². The van der Waals surface area contributed by atoms with E-state index in [9.17, 15) is 4.39 Å². The molecule has 0 amide bonds. The second-order valence-electron chi connectivity index (χ2n) is 6.37. The fourth-order valence-electron chi connectivity index (χ4n) is 3.12. The molecule has 1 aromatic heterocycles. The van der Waals surface area contributed by atoms with E-state index in [0.29, 0.717) is 29.6 Å². The summed E-state index contributed by atoms with van der Waals surface area (Å²) in [7, 11) is 1.61. The first-order valence-electron chi connectivity index (χ1n) is 9.03. The summed E-state index contributed by atoms with van der Waals surface area (Å²) in [6.45, 7) is 2.66. The SMILES string of the molecule is CCCOc1ccc([C@H]2C=C(c3cccc(F)c3)Nc3nnnn32)cc1OC. The van der Waals surface area contributed by atoms with Crippen molar-refractivity contribution in [3.05, 3.63) is 65.5 Å². The normalized spacial score (nSPS) is 15.4. The Morgan fingerprint density at radius 1 is 1.18 bits per heavy atom. The number of anilines is 1. The number of ether oxygens (including phenoxy) is 2. The van der Waals surface area contributed by atoms with Crippen molar-refractivity contribution in [2.24, 2.45) is 0 Å². The maximum absolute atomic E-state index is 13.7.